The molecule has 2 aromatic rings. The van der Waals surface area contributed by atoms with Crippen molar-refractivity contribution in [2.45, 2.75) is 24.7 Å². The minimum atomic E-state index is -3.60. The van der Waals surface area contributed by atoms with E-state index in [1.807, 2.05) is 24.3 Å². The van der Waals surface area contributed by atoms with Crippen molar-refractivity contribution in [3.63, 3.8) is 0 Å². The van der Waals surface area contributed by atoms with Crippen molar-refractivity contribution in [2.24, 2.45) is 0 Å². The van der Waals surface area contributed by atoms with Crippen LogP contribution in [0.25, 0.3) is 0 Å². The molecule has 0 radical (unpaired) electrons. The second kappa shape index (κ2) is 8.29. The molecule has 5 nitrogen and oxygen atoms in total. The number of amides is 1. The lowest BCUT2D eigenvalue weighted by atomic mass is 10.0. The van der Waals surface area contributed by atoms with Gasteiger partial charge < -0.3 is 4.90 Å². The van der Waals surface area contributed by atoms with E-state index in [1.54, 1.807) is 11.9 Å². The molecule has 0 fully saturated rings. The van der Waals surface area contributed by atoms with Crippen molar-refractivity contribution < 1.29 is 13.2 Å². The molecule has 0 saturated heterocycles. The Morgan fingerprint density at radius 3 is 2.42 bits per heavy atom. The molecule has 0 unspecified atom stereocenters. The van der Waals surface area contributed by atoms with Crippen molar-refractivity contribution in [1.29, 1.82) is 0 Å². The highest BCUT2D eigenvalue weighted by Gasteiger charge is 2.17. The van der Waals surface area contributed by atoms with Crippen LogP contribution in [0.4, 0.5) is 5.69 Å². The summed E-state index contributed by atoms with van der Waals surface area (Å²) in [6.45, 7) is 7.83. The van der Waals surface area contributed by atoms with Gasteiger partial charge in [-0.2, -0.15) is 0 Å². The van der Waals surface area contributed by atoms with Gasteiger partial charge in [-0.3, -0.25) is 4.79 Å². The minimum absolute atomic E-state index is 0.111. The molecule has 0 saturated carbocycles. The molecule has 1 N–H and O–H groups in total. The predicted octanol–water partition coefficient (Wildman–Crippen LogP) is 3.55. The molecular formula is C20H24N2O3S. The molecule has 0 heterocycles. The predicted molar refractivity (Wildman–Crippen MR) is 105 cm³/mol. The Kier molecular flexibility index (Phi) is 6.34. The number of rotatable bonds is 7. The van der Waals surface area contributed by atoms with Crippen LogP contribution >= 0.6 is 0 Å². The molecule has 0 aliphatic rings. The number of benzene rings is 2. The number of anilines is 1. The summed E-state index contributed by atoms with van der Waals surface area (Å²) in [4.78, 5) is 14.4. The van der Waals surface area contributed by atoms with Crippen molar-refractivity contribution in [3.8, 4) is 0 Å². The van der Waals surface area contributed by atoms with E-state index < -0.39 is 10.0 Å². The van der Waals surface area contributed by atoms with Gasteiger partial charge in [0.1, 0.15) is 0 Å². The van der Waals surface area contributed by atoms with Gasteiger partial charge in [0.25, 0.3) is 5.91 Å². The van der Waals surface area contributed by atoms with Crippen molar-refractivity contribution in [3.05, 3.63) is 72.3 Å². The van der Waals surface area contributed by atoms with Crippen LogP contribution in [0.1, 0.15) is 35.7 Å². The fraction of sp³-hybridized carbons (Fsp3) is 0.250. The number of carbonyl (C=O) groups is 1. The largest absolute Gasteiger partial charge is 0.311 e. The van der Waals surface area contributed by atoms with Crippen LogP contribution in [-0.4, -0.2) is 27.9 Å². The van der Waals surface area contributed by atoms with Crippen LogP contribution in [0, 0.1) is 0 Å². The highest BCUT2D eigenvalue weighted by atomic mass is 32.2. The first-order valence-corrected chi connectivity index (χ1v) is 9.83. The maximum atomic E-state index is 12.7. The highest BCUT2D eigenvalue weighted by molar-refractivity contribution is 7.89. The van der Waals surface area contributed by atoms with Crippen molar-refractivity contribution >= 4 is 21.6 Å². The van der Waals surface area contributed by atoms with Crippen molar-refractivity contribution in [2.75, 3.05) is 18.5 Å². The molecule has 26 heavy (non-hydrogen) atoms. The van der Waals surface area contributed by atoms with E-state index in [-0.39, 0.29) is 17.3 Å². The Hall–Kier alpha value is -2.44. The van der Waals surface area contributed by atoms with E-state index in [4.69, 9.17) is 0 Å². The lowest BCUT2D eigenvalue weighted by molar-refractivity contribution is 0.0993. The van der Waals surface area contributed by atoms with Crippen LogP contribution in [-0.2, 0) is 10.0 Å². The molecule has 0 bridgehead atoms. The fourth-order valence-corrected chi connectivity index (χ4v) is 3.43. The summed E-state index contributed by atoms with van der Waals surface area (Å²) in [6, 6.07) is 13.7. The Morgan fingerprint density at radius 1 is 1.19 bits per heavy atom. The summed E-state index contributed by atoms with van der Waals surface area (Å²) in [6.07, 6.45) is 1.47. The topological polar surface area (TPSA) is 66.5 Å². The highest BCUT2D eigenvalue weighted by Crippen LogP contribution is 2.22. The number of sulfonamides is 1. The average molecular weight is 372 g/mol. The van der Waals surface area contributed by atoms with Gasteiger partial charge in [-0.1, -0.05) is 32.1 Å². The Morgan fingerprint density at radius 2 is 1.85 bits per heavy atom. The molecule has 6 heteroatoms. The summed E-state index contributed by atoms with van der Waals surface area (Å²) in [7, 11) is -1.89. The fourth-order valence-electron chi connectivity index (χ4n) is 2.43. The first-order valence-electron chi connectivity index (χ1n) is 8.35. The third kappa shape index (κ3) is 4.59. The van der Waals surface area contributed by atoms with Crippen LogP contribution in [0.15, 0.2) is 66.1 Å². The molecule has 1 amide bonds. The molecule has 0 atom stereocenters. The molecule has 138 valence electrons. The minimum Gasteiger partial charge on any atom is -0.311 e. The Balaban J connectivity index is 2.22. The van der Waals surface area contributed by atoms with Crippen LogP contribution < -0.4 is 9.62 Å². The normalized spacial score (nSPS) is 11.4. The zero-order chi connectivity index (χ0) is 19.3. The van der Waals surface area contributed by atoms with E-state index >= 15 is 0 Å². The van der Waals surface area contributed by atoms with Crippen molar-refractivity contribution in [1.82, 2.24) is 4.72 Å². The van der Waals surface area contributed by atoms with Gasteiger partial charge in [0.2, 0.25) is 10.0 Å². The van der Waals surface area contributed by atoms with Gasteiger partial charge in [0, 0.05) is 24.8 Å². The number of carbonyl (C=O) groups excluding carboxylic acids is 1. The number of hydrogen-bond acceptors (Lipinski definition) is 3. The smallest absolute Gasteiger partial charge is 0.258 e. The number of hydrogen-bond donors (Lipinski definition) is 1. The van der Waals surface area contributed by atoms with E-state index in [1.165, 1.54) is 30.3 Å². The molecule has 2 aromatic carbocycles. The average Bonchev–Trinajstić information content (AvgIpc) is 2.65. The Labute approximate surface area is 155 Å². The number of nitrogens with one attached hydrogen (secondary N) is 1. The second-order valence-electron chi connectivity index (χ2n) is 6.28. The molecule has 0 aliphatic carbocycles. The van der Waals surface area contributed by atoms with Crippen LogP contribution in [0.2, 0.25) is 0 Å². The zero-order valence-electron chi connectivity index (χ0n) is 15.3. The van der Waals surface area contributed by atoms with Gasteiger partial charge in [-0.15, -0.1) is 6.58 Å². The molecule has 0 spiro atoms. The van der Waals surface area contributed by atoms with Gasteiger partial charge >= 0.3 is 0 Å². The maximum absolute atomic E-state index is 12.7. The standard InChI is InChI=1S/C20H24N2O3S/c1-5-13-21-26(24,25)19-11-9-16(10-12-19)20(23)22(4)18-8-6-7-17(14-18)15(2)3/h5-12,14-15,21H,1,13H2,2-4H3. The first kappa shape index (κ1) is 19.9. The summed E-state index contributed by atoms with van der Waals surface area (Å²) in [5, 5.41) is 0. The molecular weight excluding hydrogens is 348 g/mol. The zero-order valence-corrected chi connectivity index (χ0v) is 16.1. The van der Waals surface area contributed by atoms with Gasteiger partial charge in [0.05, 0.1) is 4.90 Å². The maximum Gasteiger partial charge on any atom is 0.258 e. The molecule has 2 rings (SSSR count). The first-order chi connectivity index (χ1) is 12.3. The SMILES string of the molecule is C=CCNS(=O)(=O)c1ccc(C(=O)N(C)c2cccc(C(C)C)c2)cc1. The summed E-state index contributed by atoms with van der Waals surface area (Å²) < 4.78 is 26.5. The number of nitrogens with zero attached hydrogens (tertiary/aromatic N) is 1. The van der Waals surface area contributed by atoms with Gasteiger partial charge in [-0.05, 0) is 47.9 Å². The lowest BCUT2D eigenvalue weighted by Gasteiger charge is -2.19. The third-order valence-corrected chi connectivity index (χ3v) is 5.50. The van der Waals surface area contributed by atoms with Gasteiger partial charge in [0.15, 0.2) is 0 Å². The van der Waals surface area contributed by atoms with E-state index in [9.17, 15) is 13.2 Å². The van der Waals surface area contributed by atoms with E-state index in [0.717, 1.165) is 11.3 Å². The van der Waals surface area contributed by atoms with Crippen LogP contribution in [0.3, 0.4) is 0 Å². The summed E-state index contributed by atoms with van der Waals surface area (Å²) in [5.74, 6) is 0.167. The van der Waals surface area contributed by atoms with E-state index in [0.29, 0.717) is 11.5 Å². The summed E-state index contributed by atoms with van der Waals surface area (Å²) in [5.41, 5.74) is 2.37. The van der Waals surface area contributed by atoms with E-state index in [2.05, 4.69) is 25.1 Å². The van der Waals surface area contributed by atoms with Crippen LogP contribution in [0.5, 0.6) is 0 Å². The summed E-state index contributed by atoms with van der Waals surface area (Å²) >= 11 is 0. The monoisotopic (exact) mass is 372 g/mol. The lowest BCUT2D eigenvalue weighted by Crippen LogP contribution is -2.27. The second-order valence-corrected chi connectivity index (χ2v) is 8.05. The molecule has 0 aromatic heterocycles. The quantitative estimate of drug-likeness (QED) is 0.756. The molecule has 0 aliphatic heterocycles. The Bertz CT molecular complexity index is 888. The third-order valence-electron chi connectivity index (χ3n) is 4.06. The van der Waals surface area contributed by atoms with Gasteiger partial charge in [-0.25, -0.2) is 13.1 Å².